The van der Waals surface area contributed by atoms with Crippen LogP contribution in [0.3, 0.4) is 0 Å². The molecule has 6 nitrogen and oxygen atoms in total. The number of likely N-dealkylation sites (N-methyl/N-ethyl adjacent to an activating group) is 1. The van der Waals surface area contributed by atoms with Crippen LogP contribution < -0.4 is 5.32 Å². The molecule has 1 fully saturated rings. The predicted octanol–water partition coefficient (Wildman–Crippen LogP) is -1.01. The van der Waals surface area contributed by atoms with Crippen LogP contribution in [0.1, 0.15) is 20.3 Å². The highest BCUT2D eigenvalue weighted by Crippen LogP contribution is 2.09. The standard InChI is InChI=1S/C11H22N2O4S/c1-11(2,15)8-13(3)10(14)6-9-7-18(16,17)5-4-12-9/h9,12,15H,4-8H2,1-3H3. The van der Waals surface area contributed by atoms with Gasteiger partial charge in [-0.3, -0.25) is 4.79 Å². The highest BCUT2D eigenvalue weighted by molar-refractivity contribution is 7.91. The fourth-order valence-electron chi connectivity index (χ4n) is 2.03. The van der Waals surface area contributed by atoms with E-state index in [0.29, 0.717) is 6.54 Å². The number of nitrogens with one attached hydrogen (secondary N) is 1. The van der Waals surface area contributed by atoms with Crippen molar-refractivity contribution in [3.8, 4) is 0 Å². The third-order valence-electron chi connectivity index (χ3n) is 2.77. The molecule has 0 bridgehead atoms. The van der Waals surface area contributed by atoms with Crippen LogP contribution in [0.25, 0.3) is 0 Å². The number of sulfone groups is 1. The highest BCUT2D eigenvalue weighted by Gasteiger charge is 2.28. The Labute approximate surface area is 108 Å². The van der Waals surface area contributed by atoms with E-state index in [1.807, 2.05) is 0 Å². The minimum Gasteiger partial charge on any atom is -0.389 e. The highest BCUT2D eigenvalue weighted by atomic mass is 32.2. The van der Waals surface area contributed by atoms with E-state index in [9.17, 15) is 18.3 Å². The molecule has 1 saturated heterocycles. The first-order chi connectivity index (χ1) is 8.09. The molecule has 1 heterocycles. The summed E-state index contributed by atoms with van der Waals surface area (Å²) in [4.78, 5) is 13.3. The molecule has 7 heteroatoms. The number of amides is 1. The van der Waals surface area contributed by atoms with E-state index in [0.717, 1.165) is 0 Å². The predicted molar refractivity (Wildman–Crippen MR) is 69.0 cm³/mol. The SMILES string of the molecule is CN(CC(C)(C)O)C(=O)CC1CS(=O)(=O)CCN1. The van der Waals surface area contributed by atoms with Crippen molar-refractivity contribution in [1.29, 1.82) is 0 Å². The van der Waals surface area contributed by atoms with Crippen LogP contribution in [0.5, 0.6) is 0 Å². The van der Waals surface area contributed by atoms with E-state index in [1.165, 1.54) is 4.90 Å². The molecule has 2 N–H and O–H groups in total. The fourth-order valence-corrected chi connectivity index (χ4v) is 3.48. The van der Waals surface area contributed by atoms with Gasteiger partial charge in [-0.15, -0.1) is 0 Å². The minimum atomic E-state index is -3.02. The summed E-state index contributed by atoms with van der Waals surface area (Å²) in [6.45, 7) is 3.88. The Morgan fingerprint density at radius 1 is 1.50 bits per heavy atom. The number of hydrogen-bond donors (Lipinski definition) is 2. The van der Waals surface area contributed by atoms with Gasteiger partial charge >= 0.3 is 0 Å². The molecule has 106 valence electrons. The summed E-state index contributed by atoms with van der Waals surface area (Å²) in [7, 11) is -1.41. The molecular weight excluding hydrogens is 256 g/mol. The zero-order chi connectivity index (χ0) is 14.0. The number of carbonyl (C=O) groups excluding carboxylic acids is 1. The average molecular weight is 278 g/mol. The summed E-state index contributed by atoms with van der Waals surface area (Å²) >= 11 is 0. The van der Waals surface area contributed by atoms with E-state index in [-0.39, 0.29) is 36.4 Å². The topological polar surface area (TPSA) is 86.7 Å². The molecule has 0 spiro atoms. The lowest BCUT2D eigenvalue weighted by Gasteiger charge is -2.28. The molecule has 0 aliphatic carbocycles. The maximum atomic E-state index is 11.9. The van der Waals surface area contributed by atoms with E-state index >= 15 is 0 Å². The van der Waals surface area contributed by atoms with Crippen LogP contribution in [-0.2, 0) is 14.6 Å². The molecular formula is C11H22N2O4S. The van der Waals surface area contributed by atoms with Gasteiger partial charge in [0.15, 0.2) is 9.84 Å². The van der Waals surface area contributed by atoms with Crippen molar-refractivity contribution in [2.75, 3.05) is 31.6 Å². The summed E-state index contributed by atoms with van der Waals surface area (Å²) < 4.78 is 22.9. The van der Waals surface area contributed by atoms with Gasteiger partial charge in [-0.2, -0.15) is 0 Å². The van der Waals surface area contributed by atoms with E-state index in [2.05, 4.69) is 5.32 Å². The molecule has 1 aliphatic rings. The van der Waals surface area contributed by atoms with E-state index < -0.39 is 15.4 Å². The second kappa shape index (κ2) is 5.54. The summed E-state index contributed by atoms with van der Waals surface area (Å²) in [6.07, 6.45) is 0.145. The molecule has 0 saturated carbocycles. The van der Waals surface area contributed by atoms with E-state index in [4.69, 9.17) is 0 Å². The zero-order valence-electron chi connectivity index (χ0n) is 11.1. The lowest BCUT2D eigenvalue weighted by atomic mass is 10.1. The number of hydrogen-bond acceptors (Lipinski definition) is 5. The molecule has 0 radical (unpaired) electrons. The Bertz CT molecular complexity index is 400. The van der Waals surface area contributed by atoms with E-state index in [1.54, 1.807) is 20.9 Å². The van der Waals surface area contributed by atoms with Crippen molar-refractivity contribution in [3.63, 3.8) is 0 Å². The van der Waals surface area contributed by atoms with Gasteiger partial charge in [0, 0.05) is 32.6 Å². The molecule has 1 unspecified atom stereocenters. The second-order valence-corrected chi connectivity index (χ2v) is 7.76. The quantitative estimate of drug-likeness (QED) is 0.688. The first-order valence-electron chi connectivity index (χ1n) is 5.99. The molecule has 0 aromatic rings. The molecule has 1 rings (SSSR count). The molecule has 1 aliphatic heterocycles. The van der Waals surface area contributed by atoms with Crippen LogP contribution in [0.2, 0.25) is 0 Å². The van der Waals surface area contributed by atoms with Gasteiger partial charge in [-0.25, -0.2) is 8.42 Å². The Kier molecular flexibility index (Phi) is 4.74. The average Bonchev–Trinajstić information content (AvgIpc) is 2.12. The van der Waals surface area contributed by atoms with Crippen LogP contribution in [0.4, 0.5) is 0 Å². The van der Waals surface area contributed by atoms with Crippen molar-refractivity contribution < 1.29 is 18.3 Å². The van der Waals surface area contributed by atoms with Gasteiger partial charge < -0.3 is 15.3 Å². The van der Waals surface area contributed by atoms with Gasteiger partial charge in [0.2, 0.25) is 5.91 Å². The Morgan fingerprint density at radius 3 is 2.61 bits per heavy atom. The van der Waals surface area contributed by atoms with Crippen molar-refractivity contribution in [3.05, 3.63) is 0 Å². The Balaban J connectivity index is 2.49. The van der Waals surface area contributed by atoms with Gasteiger partial charge in [0.25, 0.3) is 0 Å². The van der Waals surface area contributed by atoms with Crippen molar-refractivity contribution in [1.82, 2.24) is 10.2 Å². The third-order valence-corrected chi connectivity index (χ3v) is 4.51. The zero-order valence-corrected chi connectivity index (χ0v) is 12.0. The fraction of sp³-hybridized carbons (Fsp3) is 0.909. The van der Waals surface area contributed by atoms with Gasteiger partial charge in [-0.1, -0.05) is 0 Å². The molecule has 0 aromatic heterocycles. The minimum absolute atomic E-state index is 0.00903. The van der Waals surface area contributed by atoms with Crippen LogP contribution in [-0.4, -0.2) is 67.6 Å². The summed E-state index contributed by atoms with van der Waals surface area (Å²) in [6, 6.07) is -0.319. The lowest BCUT2D eigenvalue weighted by Crippen LogP contribution is -2.48. The summed E-state index contributed by atoms with van der Waals surface area (Å²) in [5, 5.41) is 12.7. The van der Waals surface area contributed by atoms with Crippen LogP contribution in [0.15, 0.2) is 0 Å². The van der Waals surface area contributed by atoms with Crippen molar-refractivity contribution in [2.45, 2.75) is 31.9 Å². The molecule has 0 aromatic carbocycles. The third kappa shape index (κ3) is 5.32. The van der Waals surface area contributed by atoms with Crippen LogP contribution in [0, 0.1) is 0 Å². The van der Waals surface area contributed by atoms with Gasteiger partial charge in [0.1, 0.15) is 0 Å². The first kappa shape index (κ1) is 15.4. The van der Waals surface area contributed by atoms with Gasteiger partial charge in [-0.05, 0) is 13.8 Å². The lowest BCUT2D eigenvalue weighted by molar-refractivity contribution is -0.133. The summed E-state index contributed by atoms with van der Waals surface area (Å²) in [5.74, 6) is -0.0153. The molecule has 1 atom stereocenters. The number of carbonyl (C=O) groups is 1. The molecule has 1 amide bonds. The summed E-state index contributed by atoms with van der Waals surface area (Å²) in [5.41, 5.74) is -0.948. The number of rotatable bonds is 4. The maximum Gasteiger partial charge on any atom is 0.224 e. The van der Waals surface area contributed by atoms with Crippen LogP contribution >= 0.6 is 0 Å². The van der Waals surface area contributed by atoms with Gasteiger partial charge in [0.05, 0.1) is 17.1 Å². The van der Waals surface area contributed by atoms with Crippen molar-refractivity contribution in [2.24, 2.45) is 0 Å². The maximum absolute atomic E-state index is 11.9. The monoisotopic (exact) mass is 278 g/mol. The number of nitrogens with zero attached hydrogens (tertiary/aromatic N) is 1. The largest absolute Gasteiger partial charge is 0.389 e. The smallest absolute Gasteiger partial charge is 0.224 e. The first-order valence-corrected chi connectivity index (χ1v) is 7.81. The number of aliphatic hydroxyl groups is 1. The Hall–Kier alpha value is -0.660. The normalized spacial score (nSPS) is 23.7. The van der Waals surface area contributed by atoms with Crippen molar-refractivity contribution >= 4 is 15.7 Å². The molecule has 18 heavy (non-hydrogen) atoms. The Morgan fingerprint density at radius 2 is 2.11 bits per heavy atom. The second-order valence-electron chi connectivity index (χ2n) is 5.53.